The van der Waals surface area contributed by atoms with Gasteiger partial charge in [0.25, 0.3) is 15.9 Å². The molecule has 116 valence electrons. The Bertz CT molecular complexity index is 592. The van der Waals surface area contributed by atoms with Crippen LogP contribution in [-0.2, 0) is 14.9 Å². The molecule has 0 unspecified atom stereocenters. The highest BCUT2D eigenvalue weighted by Gasteiger charge is 2.22. The fraction of sp³-hybridized carbons (Fsp3) is 0.500. The van der Waals surface area contributed by atoms with Crippen LogP contribution in [0.1, 0.15) is 36.0 Å². The van der Waals surface area contributed by atoms with Crippen molar-refractivity contribution in [1.29, 1.82) is 0 Å². The summed E-state index contributed by atoms with van der Waals surface area (Å²) in [5.41, 5.74) is 0.459. The van der Waals surface area contributed by atoms with E-state index in [1.807, 2.05) is 0 Å². The predicted molar refractivity (Wildman–Crippen MR) is 78.1 cm³/mol. The van der Waals surface area contributed by atoms with Crippen LogP contribution in [0.2, 0.25) is 0 Å². The zero-order chi connectivity index (χ0) is 15.5. The Morgan fingerprint density at radius 3 is 2.33 bits per heavy atom. The highest BCUT2D eigenvalue weighted by molar-refractivity contribution is 7.89. The van der Waals surface area contributed by atoms with Gasteiger partial charge in [-0.05, 0) is 37.1 Å². The van der Waals surface area contributed by atoms with Crippen LogP contribution in [0.4, 0.5) is 0 Å². The van der Waals surface area contributed by atoms with Crippen molar-refractivity contribution in [2.24, 2.45) is 0 Å². The summed E-state index contributed by atoms with van der Waals surface area (Å²) in [6.07, 6.45) is 4.31. The van der Waals surface area contributed by atoms with Gasteiger partial charge in [-0.3, -0.25) is 9.63 Å². The third-order valence-electron chi connectivity index (χ3n) is 3.70. The average molecular weight is 312 g/mol. The lowest BCUT2D eigenvalue weighted by Gasteiger charge is -2.15. The van der Waals surface area contributed by atoms with E-state index in [-0.39, 0.29) is 16.8 Å². The van der Waals surface area contributed by atoms with Crippen LogP contribution in [0.5, 0.6) is 0 Å². The fourth-order valence-electron chi connectivity index (χ4n) is 2.36. The third kappa shape index (κ3) is 3.61. The Hall–Kier alpha value is -1.44. The Balaban J connectivity index is 2.09. The second-order valence-electron chi connectivity index (χ2n) is 5.08. The van der Waals surface area contributed by atoms with Gasteiger partial charge in [-0.15, -0.1) is 0 Å². The Morgan fingerprint density at radius 2 is 1.81 bits per heavy atom. The summed E-state index contributed by atoms with van der Waals surface area (Å²) < 4.78 is 24.8. The first kappa shape index (κ1) is 15.9. The van der Waals surface area contributed by atoms with Gasteiger partial charge in [0.15, 0.2) is 0 Å². The first-order chi connectivity index (χ1) is 9.95. The van der Waals surface area contributed by atoms with Gasteiger partial charge in [0, 0.05) is 18.7 Å². The number of rotatable bonds is 5. The summed E-state index contributed by atoms with van der Waals surface area (Å²) in [7, 11) is -1.08. The maximum atomic E-state index is 12.1. The van der Waals surface area contributed by atoms with Crippen molar-refractivity contribution in [2.45, 2.75) is 36.6 Å². The van der Waals surface area contributed by atoms with Gasteiger partial charge in [-0.1, -0.05) is 17.3 Å². The van der Waals surface area contributed by atoms with Crippen LogP contribution in [-0.4, -0.2) is 39.0 Å². The summed E-state index contributed by atoms with van der Waals surface area (Å²) in [4.78, 5) is 16.8. The minimum Gasteiger partial charge on any atom is -0.349 e. The number of carbonyl (C=O) groups excluding carboxylic acids is 1. The van der Waals surface area contributed by atoms with Gasteiger partial charge in [0.05, 0.1) is 12.0 Å². The number of carbonyl (C=O) groups is 1. The normalized spacial score (nSPS) is 16.3. The number of sulfonamides is 1. The van der Waals surface area contributed by atoms with Crippen LogP contribution in [0.15, 0.2) is 29.2 Å². The topological polar surface area (TPSA) is 75.7 Å². The van der Waals surface area contributed by atoms with Gasteiger partial charge >= 0.3 is 0 Å². The Labute approximate surface area is 125 Å². The number of hydroxylamine groups is 1. The van der Waals surface area contributed by atoms with Crippen LogP contribution < -0.4 is 5.32 Å². The van der Waals surface area contributed by atoms with Crippen molar-refractivity contribution in [2.75, 3.05) is 14.2 Å². The summed E-state index contributed by atoms with van der Waals surface area (Å²) in [5, 5.41) is 2.96. The Morgan fingerprint density at radius 1 is 1.24 bits per heavy atom. The molecule has 7 heteroatoms. The molecule has 1 aromatic rings. The molecule has 0 saturated heterocycles. The molecule has 0 radical (unpaired) electrons. The van der Waals surface area contributed by atoms with E-state index < -0.39 is 10.0 Å². The van der Waals surface area contributed by atoms with Crippen molar-refractivity contribution in [3.63, 3.8) is 0 Å². The predicted octanol–water partition coefficient (Wildman–Crippen LogP) is 1.54. The van der Waals surface area contributed by atoms with Crippen molar-refractivity contribution in [1.82, 2.24) is 9.79 Å². The monoisotopic (exact) mass is 312 g/mol. The first-order valence-electron chi connectivity index (χ1n) is 6.89. The number of nitrogens with one attached hydrogen (secondary N) is 1. The standard InChI is InChI=1S/C14H20N2O4S/c1-16(20-2)21(18,19)13-9-7-11(8-10-13)14(17)15-12-5-3-4-6-12/h7-10,12H,3-6H2,1-2H3,(H,15,17). The molecule has 2 rings (SSSR count). The molecule has 0 spiro atoms. The van der Waals surface area contributed by atoms with Crippen molar-refractivity contribution in [3.05, 3.63) is 29.8 Å². The molecule has 6 nitrogen and oxygen atoms in total. The van der Waals surface area contributed by atoms with Crippen molar-refractivity contribution < 1.29 is 18.0 Å². The zero-order valence-corrected chi connectivity index (χ0v) is 13.0. The summed E-state index contributed by atoms with van der Waals surface area (Å²) in [6, 6.07) is 6.09. The minimum atomic E-state index is -3.67. The van der Waals surface area contributed by atoms with Gasteiger partial charge in [-0.25, -0.2) is 8.42 Å². The lowest BCUT2D eigenvalue weighted by Crippen LogP contribution is -2.32. The third-order valence-corrected chi connectivity index (χ3v) is 5.39. The molecule has 1 aliphatic rings. The van der Waals surface area contributed by atoms with Crippen molar-refractivity contribution in [3.8, 4) is 0 Å². The number of hydrogen-bond donors (Lipinski definition) is 1. The fourth-order valence-corrected chi connectivity index (χ4v) is 3.34. The molecule has 0 aliphatic heterocycles. The quantitative estimate of drug-likeness (QED) is 0.837. The number of nitrogens with zero attached hydrogens (tertiary/aromatic N) is 1. The number of hydrogen-bond acceptors (Lipinski definition) is 4. The molecular weight excluding hydrogens is 292 g/mol. The summed E-state index contributed by atoms with van der Waals surface area (Å²) in [6.45, 7) is 0. The molecule has 0 heterocycles. The van der Waals surface area contributed by atoms with Crippen LogP contribution in [0.3, 0.4) is 0 Å². The van der Waals surface area contributed by atoms with Crippen molar-refractivity contribution >= 4 is 15.9 Å². The lowest BCUT2D eigenvalue weighted by atomic mass is 10.2. The lowest BCUT2D eigenvalue weighted by molar-refractivity contribution is -0.0258. The molecule has 1 amide bonds. The maximum Gasteiger partial charge on any atom is 0.264 e. The zero-order valence-electron chi connectivity index (χ0n) is 12.2. The Kier molecular flexibility index (Phi) is 4.97. The largest absolute Gasteiger partial charge is 0.349 e. The molecule has 21 heavy (non-hydrogen) atoms. The van der Waals surface area contributed by atoms with E-state index in [4.69, 9.17) is 4.84 Å². The molecule has 0 atom stereocenters. The first-order valence-corrected chi connectivity index (χ1v) is 8.33. The number of benzene rings is 1. The van der Waals surface area contributed by atoms with Gasteiger partial charge in [0.2, 0.25) is 0 Å². The molecule has 1 saturated carbocycles. The van der Waals surface area contributed by atoms with E-state index in [2.05, 4.69) is 5.32 Å². The minimum absolute atomic E-state index is 0.0873. The molecule has 1 N–H and O–H groups in total. The maximum absolute atomic E-state index is 12.1. The SMILES string of the molecule is CON(C)S(=O)(=O)c1ccc(C(=O)NC2CCCC2)cc1. The number of amides is 1. The van der Waals surface area contributed by atoms with Gasteiger partial charge < -0.3 is 5.32 Å². The molecular formula is C14H20N2O4S. The molecule has 0 aromatic heterocycles. The summed E-state index contributed by atoms with van der Waals surface area (Å²) in [5.74, 6) is -0.161. The van der Waals surface area contributed by atoms with E-state index in [1.54, 1.807) is 0 Å². The molecule has 1 aliphatic carbocycles. The van der Waals surface area contributed by atoms with E-state index in [9.17, 15) is 13.2 Å². The van der Waals surface area contributed by atoms with E-state index >= 15 is 0 Å². The van der Waals surface area contributed by atoms with E-state index in [1.165, 1.54) is 38.4 Å². The van der Waals surface area contributed by atoms with Gasteiger partial charge in [0.1, 0.15) is 0 Å². The second kappa shape index (κ2) is 6.55. The highest BCUT2D eigenvalue weighted by atomic mass is 32.2. The molecule has 1 fully saturated rings. The highest BCUT2D eigenvalue weighted by Crippen LogP contribution is 2.19. The van der Waals surface area contributed by atoms with Gasteiger partial charge in [-0.2, -0.15) is 0 Å². The average Bonchev–Trinajstić information content (AvgIpc) is 2.99. The second-order valence-corrected chi connectivity index (χ2v) is 7.01. The molecule has 0 bridgehead atoms. The molecule has 1 aromatic carbocycles. The summed E-state index contributed by atoms with van der Waals surface area (Å²) >= 11 is 0. The van der Waals surface area contributed by atoms with Crippen LogP contribution in [0.25, 0.3) is 0 Å². The van der Waals surface area contributed by atoms with E-state index in [0.29, 0.717) is 5.56 Å². The van der Waals surface area contributed by atoms with E-state index in [0.717, 1.165) is 30.2 Å². The van der Waals surface area contributed by atoms with Crippen LogP contribution in [0, 0.1) is 0 Å². The van der Waals surface area contributed by atoms with Crippen LogP contribution >= 0.6 is 0 Å². The smallest absolute Gasteiger partial charge is 0.264 e.